The largest absolute Gasteiger partial charge is 0.384 e. The van der Waals surface area contributed by atoms with Gasteiger partial charge < -0.3 is 10.5 Å². The van der Waals surface area contributed by atoms with E-state index in [9.17, 15) is 0 Å². The topological polar surface area (TPSA) is 76.8 Å². The highest BCUT2D eigenvalue weighted by atomic mass is 35.5. The number of fused-ring (bicyclic) bond motifs is 3. The van der Waals surface area contributed by atoms with E-state index in [0.717, 1.165) is 23.1 Å². The van der Waals surface area contributed by atoms with Gasteiger partial charge in [-0.2, -0.15) is 5.10 Å². The fourth-order valence-corrected chi connectivity index (χ4v) is 2.45. The number of nitrogens with two attached hydrogens (primary N) is 1. The Bertz CT molecular complexity index is 606. The van der Waals surface area contributed by atoms with Crippen LogP contribution in [0.15, 0.2) is 0 Å². The van der Waals surface area contributed by atoms with E-state index < -0.39 is 0 Å². The molecule has 3 heterocycles. The zero-order valence-corrected chi connectivity index (χ0v) is 11.5. The average Bonchev–Trinajstić information content (AvgIpc) is 2.58. The molecule has 0 fully saturated rings. The van der Waals surface area contributed by atoms with Crippen LogP contribution in [-0.4, -0.2) is 20.8 Å². The molecule has 0 saturated heterocycles. The lowest BCUT2D eigenvalue weighted by molar-refractivity contribution is -0.0400. The van der Waals surface area contributed by atoms with Crippen LogP contribution >= 0.6 is 12.4 Å². The number of H-pyrrole nitrogens is 1. The van der Waals surface area contributed by atoms with Gasteiger partial charge in [-0.15, -0.1) is 12.4 Å². The van der Waals surface area contributed by atoms with Gasteiger partial charge in [-0.25, -0.2) is 4.98 Å². The van der Waals surface area contributed by atoms with Crippen molar-refractivity contribution in [3.05, 3.63) is 16.8 Å². The Balaban J connectivity index is 0.00000120. The highest BCUT2D eigenvalue weighted by Gasteiger charge is 2.30. The predicted molar refractivity (Wildman–Crippen MR) is 72.9 cm³/mol. The second-order valence-electron chi connectivity index (χ2n) is 5.22. The number of nitrogens with one attached hydrogen (secondary N) is 1. The zero-order chi connectivity index (χ0) is 12.2. The Morgan fingerprint density at radius 2 is 2.06 bits per heavy atom. The Labute approximate surface area is 112 Å². The predicted octanol–water partition coefficient (Wildman–Crippen LogP) is 2.12. The summed E-state index contributed by atoms with van der Waals surface area (Å²) in [6.07, 6.45) is 0.839. The Morgan fingerprint density at radius 1 is 1.33 bits per heavy atom. The van der Waals surface area contributed by atoms with Crippen molar-refractivity contribution in [2.24, 2.45) is 0 Å². The van der Waals surface area contributed by atoms with Gasteiger partial charge in [-0.3, -0.25) is 5.10 Å². The third kappa shape index (κ3) is 1.83. The third-order valence-electron chi connectivity index (χ3n) is 3.36. The van der Waals surface area contributed by atoms with Crippen molar-refractivity contribution >= 4 is 29.3 Å². The van der Waals surface area contributed by atoms with E-state index in [4.69, 9.17) is 10.5 Å². The minimum Gasteiger partial charge on any atom is -0.384 e. The van der Waals surface area contributed by atoms with Crippen LogP contribution in [0.1, 0.15) is 30.7 Å². The molecule has 98 valence electrons. The molecular formula is C12H17ClN4O. The molecule has 0 unspecified atom stereocenters. The molecule has 0 atom stereocenters. The Hall–Kier alpha value is -1.33. The van der Waals surface area contributed by atoms with Crippen LogP contribution in [0.25, 0.3) is 11.0 Å². The number of aryl methyl sites for hydroxylation is 1. The lowest BCUT2D eigenvalue weighted by atomic mass is 9.89. The number of hydrogen-bond acceptors (Lipinski definition) is 4. The molecule has 3 rings (SSSR count). The first kappa shape index (κ1) is 13.1. The molecule has 0 radical (unpaired) electrons. The summed E-state index contributed by atoms with van der Waals surface area (Å²) in [4.78, 5) is 4.46. The molecule has 1 aliphatic heterocycles. The summed E-state index contributed by atoms with van der Waals surface area (Å²) in [6.45, 7) is 6.77. The number of anilines is 1. The molecule has 2 aromatic heterocycles. The first-order valence-electron chi connectivity index (χ1n) is 5.74. The zero-order valence-electron chi connectivity index (χ0n) is 10.7. The summed E-state index contributed by atoms with van der Waals surface area (Å²) in [5.74, 6) is 0.599. The van der Waals surface area contributed by atoms with E-state index >= 15 is 0 Å². The van der Waals surface area contributed by atoms with Crippen LogP contribution in [0, 0.1) is 6.92 Å². The minimum absolute atomic E-state index is 0. The smallest absolute Gasteiger partial charge is 0.183 e. The molecule has 0 aromatic carbocycles. The van der Waals surface area contributed by atoms with Crippen LogP contribution in [0.4, 0.5) is 5.82 Å². The second kappa shape index (κ2) is 4.10. The molecular weight excluding hydrogens is 252 g/mol. The van der Waals surface area contributed by atoms with Crippen molar-refractivity contribution in [3.63, 3.8) is 0 Å². The molecule has 6 heteroatoms. The summed E-state index contributed by atoms with van der Waals surface area (Å²) in [7, 11) is 0. The van der Waals surface area contributed by atoms with Crippen molar-refractivity contribution in [1.29, 1.82) is 0 Å². The fourth-order valence-electron chi connectivity index (χ4n) is 2.45. The molecule has 3 N–H and O–H groups in total. The summed E-state index contributed by atoms with van der Waals surface area (Å²) >= 11 is 0. The maximum absolute atomic E-state index is 5.94. The number of hydrogen-bond donors (Lipinski definition) is 2. The second-order valence-corrected chi connectivity index (χ2v) is 5.22. The van der Waals surface area contributed by atoms with Gasteiger partial charge in [-0.05, 0) is 26.3 Å². The van der Waals surface area contributed by atoms with E-state index in [1.54, 1.807) is 0 Å². The van der Waals surface area contributed by atoms with E-state index in [1.807, 2.05) is 6.92 Å². The number of halogens is 1. The van der Waals surface area contributed by atoms with Gasteiger partial charge in [0.25, 0.3) is 0 Å². The van der Waals surface area contributed by atoms with Gasteiger partial charge in [0.2, 0.25) is 0 Å². The highest BCUT2D eigenvalue weighted by molar-refractivity contribution is 5.90. The van der Waals surface area contributed by atoms with Crippen LogP contribution in [0.5, 0.6) is 0 Å². The van der Waals surface area contributed by atoms with Crippen LogP contribution in [0.2, 0.25) is 0 Å². The van der Waals surface area contributed by atoms with Crippen molar-refractivity contribution < 1.29 is 4.74 Å². The van der Waals surface area contributed by atoms with Gasteiger partial charge in [-0.1, -0.05) is 0 Å². The van der Waals surface area contributed by atoms with Crippen molar-refractivity contribution in [2.75, 3.05) is 5.73 Å². The summed E-state index contributed by atoms with van der Waals surface area (Å²) in [5, 5.41) is 7.90. The van der Waals surface area contributed by atoms with Gasteiger partial charge in [0.15, 0.2) is 5.65 Å². The molecule has 2 aromatic rings. The average molecular weight is 269 g/mol. The van der Waals surface area contributed by atoms with E-state index in [2.05, 4.69) is 29.0 Å². The van der Waals surface area contributed by atoms with Gasteiger partial charge in [0, 0.05) is 17.7 Å². The van der Waals surface area contributed by atoms with Crippen molar-refractivity contribution in [3.8, 4) is 0 Å². The first-order chi connectivity index (χ1) is 7.98. The molecule has 0 amide bonds. The lowest BCUT2D eigenvalue weighted by Gasteiger charge is -2.32. The molecule has 1 aliphatic rings. The SMILES string of the molecule is Cc1nc2n[nH]c(N)c2c2c1COC(C)(C)C2.Cl. The van der Waals surface area contributed by atoms with E-state index in [1.165, 1.54) is 5.56 Å². The van der Waals surface area contributed by atoms with Gasteiger partial charge in [0.05, 0.1) is 17.6 Å². The molecule has 0 bridgehead atoms. The lowest BCUT2D eigenvalue weighted by Crippen LogP contribution is -2.32. The van der Waals surface area contributed by atoms with Crippen molar-refractivity contribution in [1.82, 2.24) is 15.2 Å². The highest BCUT2D eigenvalue weighted by Crippen LogP contribution is 2.35. The Morgan fingerprint density at radius 3 is 2.78 bits per heavy atom. The van der Waals surface area contributed by atoms with E-state index in [-0.39, 0.29) is 18.0 Å². The van der Waals surface area contributed by atoms with Gasteiger partial charge >= 0.3 is 0 Å². The molecule has 5 nitrogen and oxygen atoms in total. The molecule has 0 saturated carbocycles. The third-order valence-corrected chi connectivity index (χ3v) is 3.36. The quantitative estimate of drug-likeness (QED) is 0.767. The summed E-state index contributed by atoms with van der Waals surface area (Å²) in [5.41, 5.74) is 9.86. The summed E-state index contributed by atoms with van der Waals surface area (Å²) in [6, 6.07) is 0. The number of ether oxygens (including phenoxy) is 1. The minimum atomic E-state index is -0.155. The summed E-state index contributed by atoms with van der Waals surface area (Å²) < 4.78 is 5.83. The maximum atomic E-state index is 5.94. The number of nitrogens with zero attached hydrogens (tertiary/aromatic N) is 2. The number of rotatable bonds is 0. The molecule has 0 aliphatic carbocycles. The number of pyridine rings is 1. The normalized spacial score (nSPS) is 17.3. The molecule has 0 spiro atoms. The first-order valence-corrected chi connectivity index (χ1v) is 5.74. The maximum Gasteiger partial charge on any atom is 0.183 e. The number of nitrogen functional groups attached to an aromatic ring is 1. The monoisotopic (exact) mass is 268 g/mol. The standard InChI is InChI=1S/C12H16N4O.ClH/c1-6-8-5-17-12(2,3)4-7(8)9-10(13)15-16-11(9)14-6;/h4-5H2,1-3H3,(H3,13,14,15,16);1H. The van der Waals surface area contributed by atoms with Crippen LogP contribution in [-0.2, 0) is 17.8 Å². The van der Waals surface area contributed by atoms with Crippen molar-refractivity contribution in [2.45, 2.75) is 39.4 Å². The fraction of sp³-hybridized carbons (Fsp3) is 0.500. The van der Waals surface area contributed by atoms with Gasteiger partial charge in [0.1, 0.15) is 5.82 Å². The number of aromatic amines is 1. The Kier molecular flexibility index (Phi) is 2.99. The van der Waals surface area contributed by atoms with Crippen LogP contribution in [0.3, 0.4) is 0 Å². The van der Waals surface area contributed by atoms with E-state index in [0.29, 0.717) is 18.1 Å². The van der Waals surface area contributed by atoms with Crippen LogP contribution < -0.4 is 5.73 Å². The number of aromatic nitrogens is 3. The molecule has 18 heavy (non-hydrogen) atoms.